The van der Waals surface area contributed by atoms with E-state index in [2.05, 4.69) is 20.8 Å². The van der Waals surface area contributed by atoms with Crippen molar-refractivity contribution in [2.75, 3.05) is 7.11 Å². The zero-order valence-electron chi connectivity index (χ0n) is 10.3. The van der Waals surface area contributed by atoms with Crippen LogP contribution < -0.4 is 5.73 Å². The van der Waals surface area contributed by atoms with E-state index in [-0.39, 0.29) is 11.6 Å². The lowest BCUT2D eigenvalue weighted by Crippen LogP contribution is -2.48. The second kappa shape index (κ2) is 7.24. The Kier molecular flexibility index (Phi) is 7.20. The zero-order chi connectivity index (χ0) is 11.0. The highest BCUT2D eigenvalue weighted by molar-refractivity contribution is 4.88. The van der Waals surface area contributed by atoms with E-state index in [1.54, 1.807) is 7.11 Å². The molecule has 86 valence electrons. The van der Waals surface area contributed by atoms with Crippen LogP contribution >= 0.6 is 0 Å². The van der Waals surface area contributed by atoms with Crippen LogP contribution in [0.15, 0.2) is 0 Å². The monoisotopic (exact) mass is 201 g/mol. The summed E-state index contributed by atoms with van der Waals surface area (Å²) in [5, 5.41) is 0. The number of rotatable bonds is 8. The molecule has 0 saturated carbocycles. The van der Waals surface area contributed by atoms with Gasteiger partial charge >= 0.3 is 0 Å². The second-order valence-electron chi connectivity index (χ2n) is 4.08. The fraction of sp³-hybridized carbons (Fsp3) is 1.00. The average Bonchev–Trinajstić information content (AvgIpc) is 2.22. The molecule has 0 radical (unpaired) electrons. The number of ether oxygens (including phenoxy) is 1. The smallest absolute Gasteiger partial charge is 0.0823 e. The van der Waals surface area contributed by atoms with Crippen molar-refractivity contribution in [3.63, 3.8) is 0 Å². The molecule has 0 heterocycles. The predicted molar refractivity (Wildman–Crippen MR) is 62.4 cm³/mol. The summed E-state index contributed by atoms with van der Waals surface area (Å²) in [4.78, 5) is 0. The van der Waals surface area contributed by atoms with E-state index in [1.165, 1.54) is 19.3 Å². The summed E-state index contributed by atoms with van der Waals surface area (Å²) in [5.41, 5.74) is 6.11. The summed E-state index contributed by atoms with van der Waals surface area (Å²) >= 11 is 0. The van der Waals surface area contributed by atoms with Crippen molar-refractivity contribution >= 4 is 0 Å². The van der Waals surface area contributed by atoms with Gasteiger partial charge in [-0.2, -0.15) is 0 Å². The van der Waals surface area contributed by atoms with E-state index in [9.17, 15) is 0 Å². The quantitative estimate of drug-likeness (QED) is 0.612. The SMILES string of the molecule is CCCCCC(N)C(CC)(CC)OC. The van der Waals surface area contributed by atoms with Crippen LogP contribution in [0.4, 0.5) is 0 Å². The van der Waals surface area contributed by atoms with E-state index in [1.807, 2.05) is 0 Å². The van der Waals surface area contributed by atoms with Crippen molar-refractivity contribution in [3.8, 4) is 0 Å². The van der Waals surface area contributed by atoms with Crippen LogP contribution in [-0.4, -0.2) is 18.8 Å². The van der Waals surface area contributed by atoms with Gasteiger partial charge in [0.25, 0.3) is 0 Å². The normalized spacial score (nSPS) is 14.4. The average molecular weight is 201 g/mol. The minimum Gasteiger partial charge on any atom is -0.377 e. The van der Waals surface area contributed by atoms with Gasteiger partial charge in [-0.15, -0.1) is 0 Å². The molecule has 14 heavy (non-hydrogen) atoms. The van der Waals surface area contributed by atoms with E-state index in [0.29, 0.717) is 0 Å². The molecule has 0 saturated heterocycles. The molecule has 0 rings (SSSR count). The maximum atomic E-state index is 6.20. The first kappa shape index (κ1) is 13.9. The molecule has 0 fully saturated rings. The third-order valence-corrected chi connectivity index (χ3v) is 3.40. The molecule has 0 bridgehead atoms. The van der Waals surface area contributed by atoms with E-state index < -0.39 is 0 Å². The van der Waals surface area contributed by atoms with Crippen molar-refractivity contribution in [2.45, 2.75) is 70.9 Å². The van der Waals surface area contributed by atoms with Crippen molar-refractivity contribution in [1.29, 1.82) is 0 Å². The molecule has 0 aliphatic heterocycles. The molecule has 0 aromatic rings. The molecule has 0 aromatic heterocycles. The van der Waals surface area contributed by atoms with Crippen LogP contribution in [0.25, 0.3) is 0 Å². The van der Waals surface area contributed by atoms with Crippen LogP contribution in [0.5, 0.6) is 0 Å². The standard InChI is InChI=1S/C12H27NO/c1-5-8-9-10-11(13)12(6-2,7-3)14-4/h11H,5-10,13H2,1-4H3. The van der Waals surface area contributed by atoms with Crippen LogP contribution in [-0.2, 0) is 4.74 Å². The first-order valence-electron chi connectivity index (χ1n) is 5.97. The molecule has 0 aromatic carbocycles. The van der Waals surface area contributed by atoms with Crippen molar-refractivity contribution < 1.29 is 4.74 Å². The van der Waals surface area contributed by atoms with Gasteiger partial charge in [0, 0.05) is 13.2 Å². The molecule has 2 nitrogen and oxygen atoms in total. The number of nitrogens with two attached hydrogens (primary N) is 1. The highest BCUT2D eigenvalue weighted by Gasteiger charge is 2.32. The summed E-state index contributed by atoms with van der Waals surface area (Å²) in [6.45, 7) is 6.54. The predicted octanol–water partition coefficient (Wildman–Crippen LogP) is 3.10. The molecule has 1 unspecified atom stereocenters. The van der Waals surface area contributed by atoms with Crippen LogP contribution in [0.3, 0.4) is 0 Å². The van der Waals surface area contributed by atoms with Crippen molar-refractivity contribution in [1.82, 2.24) is 0 Å². The Morgan fingerprint density at radius 2 is 1.71 bits per heavy atom. The van der Waals surface area contributed by atoms with Crippen molar-refractivity contribution in [2.24, 2.45) is 5.73 Å². The third kappa shape index (κ3) is 3.58. The lowest BCUT2D eigenvalue weighted by atomic mass is 9.85. The summed E-state index contributed by atoms with van der Waals surface area (Å²) in [6, 6.07) is 0.189. The third-order valence-electron chi connectivity index (χ3n) is 3.40. The van der Waals surface area contributed by atoms with Gasteiger partial charge in [-0.3, -0.25) is 0 Å². The van der Waals surface area contributed by atoms with Gasteiger partial charge in [-0.1, -0.05) is 40.0 Å². The highest BCUT2D eigenvalue weighted by Crippen LogP contribution is 2.25. The summed E-state index contributed by atoms with van der Waals surface area (Å²) in [5.74, 6) is 0. The maximum absolute atomic E-state index is 6.20. The molecule has 2 heteroatoms. The largest absolute Gasteiger partial charge is 0.377 e. The van der Waals surface area contributed by atoms with Crippen LogP contribution in [0.2, 0.25) is 0 Å². The fourth-order valence-corrected chi connectivity index (χ4v) is 2.09. The Hall–Kier alpha value is -0.0800. The molecule has 0 aliphatic rings. The van der Waals surface area contributed by atoms with Crippen molar-refractivity contribution in [3.05, 3.63) is 0 Å². The molecular formula is C12H27NO. The first-order valence-corrected chi connectivity index (χ1v) is 5.97. The Balaban J connectivity index is 4.07. The van der Waals surface area contributed by atoms with E-state index >= 15 is 0 Å². The van der Waals surface area contributed by atoms with E-state index in [0.717, 1.165) is 19.3 Å². The summed E-state index contributed by atoms with van der Waals surface area (Å²) in [7, 11) is 1.78. The minimum atomic E-state index is -0.0895. The molecule has 2 N–H and O–H groups in total. The zero-order valence-corrected chi connectivity index (χ0v) is 10.3. The van der Waals surface area contributed by atoms with Gasteiger partial charge < -0.3 is 10.5 Å². The number of hydrogen-bond acceptors (Lipinski definition) is 2. The Labute approximate surface area is 89.2 Å². The van der Waals surface area contributed by atoms with Gasteiger partial charge in [-0.05, 0) is 19.3 Å². The lowest BCUT2D eigenvalue weighted by Gasteiger charge is -2.36. The Bertz CT molecular complexity index is 124. The summed E-state index contributed by atoms with van der Waals surface area (Å²) < 4.78 is 5.60. The van der Waals surface area contributed by atoms with Gasteiger partial charge in [0.1, 0.15) is 0 Å². The number of hydrogen-bond donors (Lipinski definition) is 1. The molecule has 0 spiro atoms. The Morgan fingerprint density at radius 1 is 1.14 bits per heavy atom. The van der Waals surface area contributed by atoms with Crippen LogP contribution in [0.1, 0.15) is 59.3 Å². The number of unbranched alkanes of at least 4 members (excludes halogenated alkanes) is 2. The highest BCUT2D eigenvalue weighted by atomic mass is 16.5. The van der Waals surface area contributed by atoms with Crippen LogP contribution in [0, 0.1) is 0 Å². The molecule has 0 amide bonds. The topological polar surface area (TPSA) is 35.2 Å². The summed E-state index contributed by atoms with van der Waals surface area (Å²) in [6.07, 6.45) is 6.86. The number of methoxy groups -OCH3 is 1. The van der Waals surface area contributed by atoms with Gasteiger partial charge in [-0.25, -0.2) is 0 Å². The van der Waals surface area contributed by atoms with E-state index in [4.69, 9.17) is 10.5 Å². The first-order chi connectivity index (χ1) is 6.66. The maximum Gasteiger partial charge on any atom is 0.0823 e. The van der Waals surface area contributed by atoms with Gasteiger partial charge in [0.05, 0.1) is 5.60 Å². The second-order valence-corrected chi connectivity index (χ2v) is 4.08. The minimum absolute atomic E-state index is 0.0895. The molecule has 1 atom stereocenters. The van der Waals surface area contributed by atoms with Gasteiger partial charge in [0.15, 0.2) is 0 Å². The fourth-order valence-electron chi connectivity index (χ4n) is 2.09. The Morgan fingerprint density at radius 3 is 2.07 bits per heavy atom. The molecule has 0 aliphatic carbocycles. The van der Waals surface area contributed by atoms with Gasteiger partial charge in [0.2, 0.25) is 0 Å². The lowest BCUT2D eigenvalue weighted by molar-refractivity contribution is -0.0398. The molecular weight excluding hydrogens is 174 g/mol.